The number of nitrogens with zero attached hydrogens (tertiary/aromatic N) is 2. The van der Waals surface area contributed by atoms with E-state index in [1.165, 1.54) is 10.4 Å². The molecule has 0 aliphatic carbocycles. The Morgan fingerprint density at radius 1 is 1.28 bits per heavy atom. The molecule has 0 saturated carbocycles. The van der Waals surface area contributed by atoms with Crippen molar-refractivity contribution in [2.75, 3.05) is 25.0 Å². The topological polar surface area (TPSA) is 42.2 Å². The minimum Gasteiger partial charge on any atom is -0.359 e. The van der Waals surface area contributed by atoms with Crippen molar-refractivity contribution in [3.05, 3.63) is 46.3 Å². The third-order valence-corrected chi connectivity index (χ3v) is 3.85. The van der Waals surface area contributed by atoms with Gasteiger partial charge in [0.1, 0.15) is 5.82 Å². The van der Waals surface area contributed by atoms with Crippen molar-refractivity contribution >= 4 is 17.2 Å². The SMILES string of the molecule is CN(CCc1cccs1)c1ncccc1CCN. The summed E-state index contributed by atoms with van der Waals surface area (Å²) in [5.41, 5.74) is 6.87. The first-order valence-corrected chi connectivity index (χ1v) is 7.06. The molecule has 0 aliphatic rings. The first-order chi connectivity index (χ1) is 8.81. The summed E-state index contributed by atoms with van der Waals surface area (Å²) in [5, 5.41) is 2.12. The predicted octanol–water partition coefficient (Wildman–Crippen LogP) is 2.32. The van der Waals surface area contributed by atoms with Crippen LogP contribution in [0.2, 0.25) is 0 Å². The van der Waals surface area contributed by atoms with E-state index in [1.807, 2.05) is 23.6 Å². The van der Waals surface area contributed by atoms with Crippen molar-refractivity contribution in [2.24, 2.45) is 5.73 Å². The largest absolute Gasteiger partial charge is 0.359 e. The van der Waals surface area contributed by atoms with Gasteiger partial charge in [-0.15, -0.1) is 11.3 Å². The van der Waals surface area contributed by atoms with Crippen molar-refractivity contribution in [1.82, 2.24) is 4.98 Å². The average molecular weight is 261 g/mol. The van der Waals surface area contributed by atoms with Gasteiger partial charge in [-0.2, -0.15) is 0 Å². The van der Waals surface area contributed by atoms with Gasteiger partial charge in [-0.3, -0.25) is 0 Å². The Hall–Kier alpha value is -1.39. The van der Waals surface area contributed by atoms with Gasteiger partial charge in [-0.05, 0) is 42.5 Å². The van der Waals surface area contributed by atoms with Crippen LogP contribution < -0.4 is 10.6 Å². The monoisotopic (exact) mass is 261 g/mol. The molecule has 2 aromatic rings. The van der Waals surface area contributed by atoms with E-state index >= 15 is 0 Å². The molecule has 2 rings (SSSR count). The number of likely N-dealkylation sites (N-methyl/N-ethyl adjacent to an activating group) is 1. The summed E-state index contributed by atoms with van der Waals surface area (Å²) in [5.74, 6) is 1.06. The lowest BCUT2D eigenvalue weighted by Crippen LogP contribution is -2.23. The molecule has 0 aliphatic heterocycles. The molecule has 0 radical (unpaired) electrons. The number of aromatic nitrogens is 1. The van der Waals surface area contributed by atoms with Crippen molar-refractivity contribution in [3.63, 3.8) is 0 Å². The molecule has 2 N–H and O–H groups in total. The Balaban J connectivity index is 2.01. The zero-order valence-electron chi connectivity index (χ0n) is 10.7. The highest BCUT2D eigenvalue weighted by atomic mass is 32.1. The number of anilines is 1. The van der Waals surface area contributed by atoms with E-state index in [2.05, 4.69) is 40.5 Å². The molecule has 0 bridgehead atoms. The summed E-state index contributed by atoms with van der Waals surface area (Å²) in [6.07, 6.45) is 3.79. The fraction of sp³-hybridized carbons (Fsp3) is 0.357. The zero-order chi connectivity index (χ0) is 12.8. The lowest BCUT2D eigenvalue weighted by atomic mass is 10.2. The predicted molar refractivity (Wildman–Crippen MR) is 78.3 cm³/mol. The van der Waals surface area contributed by atoms with Crippen LogP contribution in [0.3, 0.4) is 0 Å². The molecule has 0 spiro atoms. The van der Waals surface area contributed by atoms with Crippen LogP contribution in [-0.2, 0) is 12.8 Å². The summed E-state index contributed by atoms with van der Waals surface area (Å²) in [4.78, 5) is 8.10. The number of thiophene rings is 1. The van der Waals surface area contributed by atoms with E-state index in [0.29, 0.717) is 6.54 Å². The molecular weight excluding hydrogens is 242 g/mol. The van der Waals surface area contributed by atoms with E-state index < -0.39 is 0 Å². The van der Waals surface area contributed by atoms with Gasteiger partial charge in [0.2, 0.25) is 0 Å². The Morgan fingerprint density at radius 2 is 2.17 bits per heavy atom. The van der Waals surface area contributed by atoms with Crippen LogP contribution in [0.4, 0.5) is 5.82 Å². The molecule has 0 amide bonds. The average Bonchev–Trinajstić information content (AvgIpc) is 2.90. The highest BCUT2D eigenvalue weighted by Crippen LogP contribution is 2.17. The first kappa shape index (κ1) is 13.1. The second-order valence-electron chi connectivity index (χ2n) is 4.28. The molecule has 0 atom stereocenters. The first-order valence-electron chi connectivity index (χ1n) is 6.18. The third-order valence-electron chi connectivity index (χ3n) is 2.92. The summed E-state index contributed by atoms with van der Waals surface area (Å²) < 4.78 is 0. The molecule has 4 heteroatoms. The Labute approximate surface area is 112 Å². The molecule has 2 heterocycles. The van der Waals surface area contributed by atoms with Crippen LogP contribution in [-0.4, -0.2) is 25.1 Å². The van der Waals surface area contributed by atoms with Gasteiger partial charge in [0.05, 0.1) is 0 Å². The second kappa shape index (κ2) is 6.52. The Bertz CT molecular complexity index is 468. The fourth-order valence-corrected chi connectivity index (χ4v) is 2.66. The second-order valence-corrected chi connectivity index (χ2v) is 5.31. The van der Waals surface area contributed by atoms with Gasteiger partial charge in [0.15, 0.2) is 0 Å². The van der Waals surface area contributed by atoms with Gasteiger partial charge < -0.3 is 10.6 Å². The zero-order valence-corrected chi connectivity index (χ0v) is 11.5. The van der Waals surface area contributed by atoms with E-state index in [9.17, 15) is 0 Å². The highest BCUT2D eigenvalue weighted by Gasteiger charge is 2.08. The van der Waals surface area contributed by atoms with E-state index in [0.717, 1.165) is 25.2 Å². The van der Waals surface area contributed by atoms with Gasteiger partial charge >= 0.3 is 0 Å². The molecule has 18 heavy (non-hydrogen) atoms. The van der Waals surface area contributed by atoms with Gasteiger partial charge in [-0.1, -0.05) is 12.1 Å². The molecule has 0 unspecified atom stereocenters. The van der Waals surface area contributed by atoms with E-state index in [4.69, 9.17) is 5.73 Å². The maximum Gasteiger partial charge on any atom is 0.131 e. The van der Waals surface area contributed by atoms with Crippen LogP contribution in [0, 0.1) is 0 Å². The number of hydrogen-bond donors (Lipinski definition) is 1. The molecular formula is C14H19N3S. The molecule has 0 aromatic carbocycles. The van der Waals surface area contributed by atoms with Crippen LogP contribution in [0.25, 0.3) is 0 Å². The molecule has 96 valence electrons. The normalized spacial score (nSPS) is 10.6. The van der Waals surface area contributed by atoms with Gasteiger partial charge in [0.25, 0.3) is 0 Å². The van der Waals surface area contributed by atoms with E-state index in [-0.39, 0.29) is 0 Å². The quantitative estimate of drug-likeness (QED) is 0.867. The fourth-order valence-electron chi connectivity index (χ4n) is 1.96. The molecule has 2 aromatic heterocycles. The van der Waals surface area contributed by atoms with Gasteiger partial charge in [0, 0.05) is 24.7 Å². The van der Waals surface area contributed by atoms with Crippen molar-refractivity contribution < 1.29 is 0 Å². The minimum absolute atomic E-state index is 0.664. The third kappa shape index (κ3) is 3.31. The van der Waals surface area contributed by atoms with Crippen LogP contribution in [0.1, 0.15) is 10.4 Å². The summed E-state index contributed by atoms with van der Waals surface area (Å²) in [6, 6.07) is 8.36. The van der Waals surface area contributed by atoms with Crippen LogP contribution >= 0.6 is 11.3 Å². The smallest absolute Gasteiger partial charge is 0.131 e. The van der Waals surface area contributed by atoms with Crippen molar-refractivity contribution in [1.29, 1.82) is 0 Å². The van der Waals surface area contributed by atoms with Crippen molar-refractivity contribution in [3.8, 4) is 0 Å². The lowest BCUT2D eigenvalue weighted by Gasteiger charge is -2.20. The molecule has 0 saturated heterocycles. The minimum atomic E-state index is 0.664. The molecule has 0 fully saturated rings. The van der Waals surface area contributed by atoms with Crippen molar-refractivity contribution in [2.45, 2.75) is 12.8 Å². The highest BCUT2D eigenvalue weighted by molar-refractivity contribution is 7.09. The Morgan fingerprint density at radius 3 is 2.89 bits per heavy atom. The summed E-state index contributed by atoms with van der Waals surface area (Å²) >= 11 is 1.81. The number of rotatable bonds is 6. The van der Waals surface area contributed by atoms with E-state index in [1.54, 1.807) is 0 Å². The maximum absolute atomic E-state index is 5.64. The standard InChI is InChI=1S/C14H19N3S/c1-17(10-7-13-5-3-11-18-13)14-12(6-8-15)4-2-9-16-14/h2-5,9,11H,6-8,10,15H2,1H3. The van der Waals surface area contributed by atoms with Gasteiger partial charge in [-0.25, -0.2) is 4.98 Å². The maximum atomic E-state index is 5.64. The summed E-state index contributed by atoms with van der Waals surface area (Å²) in [7, 11) is 2.09. The number of hydrogen-bond acceptors (Lipinski definition) is 4. The number of nitrogens with two attached hydrogens (primary N) is 1. The summed E-state index contributed by atoms with van der Waals surface area (Å²) in [6.45, 7) is 1.65. The Kier molecular flexibility index (Phi) is 4.73. The van der Waals surface area contributed by atoms with Crippen LogP contribution in [0.15, 0.2) is 35.8 Å². The lowest BCUT2D eigenvalue weighted by molar-refractivity contribution is 0.848. The number of pyridine rings is 1. The molecule has 3 nitrogen and oxygen atoms in total. The van der Waals surface area contributed by atoms with Crippen LogP contribution in [0.5, 0.6) is 0 Å².